The van der Waals surface area contributed by atoms with Gasteiger partial charge in [-0.15, -0.1) is 0 Å². The Hall–Kier alpha value is -2.84. The van der Waals surface area contributed by atoms with E-state index in [1.807, 2.05) is 9.80 Å². The lowest BCUT2D eigenvalue weighted by Crippen LogP contribution is -2.63. The average Bonchev–Trinajstić information content (AvgIpc) is 2.84. The van der Waals surface area contributed by atoms with Crippen molar-refractivity contribution in [2.45, 2.75) is 38.3 Å². The fourth-order valence-electron chi connectivity index (χ4n) is 5.96. The van der Waals surface area contributed by atoms with Gasteiger partial charge in [0.25, 0.3) is 0 Å². The van der Waals surface area contributed by atoms with Crippen LogP contribution in [0.2, 0.25) is 0 Å². The SMILES string of the molecule is O=C(NCc1ccc(F)cc1)N1CCN(C(=O)N2C[C@@H]3C[C@@H](C2)[C@H]2CCCC(=O)N2C3)CC1. The zero-order valence-corrected chi connectivity index (χ0v) is 18.9. The number of carbonyl (C=O) groups excluding carboxylic acids is 3. The van der Waals surface area contributed by atoms with Gasteiger partial charge in [0.1, 0.15) is 5.82 Å². The molecule has 0 unspecified atom stereocenters. The number of halogens is 1. The van der Waals surface area contributed by atoms with Crippen LogP contribution >= 0.6 is 0 Å². The molecule has 0 radical (unpaired) electrons. The summed E-state index contributed by atoms with van der Waals surface area (Å²) >= 11 is 0. The minimum absolute atomic E-state index is 0.0617. The number of urea groups is 2. The van der Waals surface area contributed by atoms with Gasteiger partial charge in [0.2, 0.25) is 5.91 Å². The molecular formula is C24H32FN5O3. The highest BCUT2D eigenvalue weighted by Gasteiger charge is 2.45. The molecular weight excluding hydrogens is 425 g/mol. The number of benzene rings is 1. The highest BCUT2D eigenvalue weighted by molar-refractivity contribution is 5.78. The number of hydrogen-bond acceptors (Lipinski definition) is 3. The van der Waals surface area contributed by atoms with Crippen molar-refractivity contribution in [3.05, 3.63) is 35.6 Å². The highest BCUT2D eigenvalue weighted by Crippen LogP contribution is 2.38. The van der Waals surface area contributed by atoms with Crippen LogP contribution in [0.3, 0.4) is 0 Å². The van der Waals surface area contributed by atoms with E-state index >= 15 is 0 Å². The van der Waals surface area contributed by atoms with E-state index in [-0.39, 0.29) is 23.8 Å². The number of nitrogens with zero attached hydrogens (tertiary/aromatic N) is 4. The predicted molar refractivity (Wildman–Crippen MR) is 120 cm³/mol. The lowest BCUT2D eigenvalue weighted by atomic mass is 9.76. The maximum Gasteiger partial charge on any atom is 0.320 e. The molecule has 0 saturated carbocycles. The Bertz CT molecular complexity index is 902. The van der Waals surface area contributed by atoms with E-state index in [1.165, 1.54) is 12.1 Å². The van der Waals surface area contributed by atoms with Crippen LogP contribution in [0.1, 0.15) is 31.2 Å². The molecule has 9 heteroatoms. The van der Waals surface area contributed by atoms with E-state index in [0.29, 0.717) is 63.6 Å². The summed E-state index contributed by atoms with van der Waals surface area (Å²) in [6.07, 6.45) is 3.79. The summed E-state index contributed by atoms with van der Waals surface area (Å²) < 4.78 is 13.0. The zero-order chi connectivity index (χ0) is 22.9. The molecule has 178 valence electrons. The first-order valence-electron chi connectivity index (χ1n) is 12.1. The van der Waals surface area contributed by atoms with Gasteiger partial charge in [-0.3, -0.25) is 4.79 Å². The number of likely N-dealkylation sites (tertiary alicyclic amines) is 1. The molecule has 1 aromatic rings. The summed E-state index contributed by atoms with van der Waals surface area (Å²) in [7, 11) is 0. The first-order valence-corrected chi connectivity index (χ1v) is 12.1. The van der Waals surface area contributed by atoms with E-state index in [9.17, 15) is 18.8 Å². The van der Waals surface area contributed by atoms with Crippen LogP contribution in [0.25, 0.3) is 0 Å². The van der Waals surface area contributed by atoms with Gasteiger partial charge in [-0.05, 0) is 48.8 Å². The van der Waals surface area contributed by atoms with Crippen molar-refractivity contribution >= 4 is 18.0 Å². The van der Waals surface area contributed by atoms with Crippen LogP contribution in [0.4, 0.5) is 14.0 Å². The first kappa shape index (κ1) is 22.0. The predicted octanol–water partition coefficient (Wildman–Crippen LogP) is 2.11. The summed E-state index contributed by atoms with van der Waals surface area (Å²) in [5.74, 6) is 0.732. The molecule has 4 aliphatic heterocycles. The fourth-order valence-corrected chi connectivity index (χ4v) is 5.96. The largest absolute Gasteiger partial charge is 0.339 e. The number of piperazine rings is 1. The van der Waals surface area contributed by atoms with Gasteiger partial charge in [0.05, 0.1) is 0 Å². The Morgan fingerprint density at radius 2 is 1.70 bits per heavy atom. The van der Waals surface area contributed by atoms with Crippen LogP contribution in [0.15, 0.2) is 24.3 Å². The van der Waals surface area contributed by atoms with E-state index in [0.717, 1.165) is 37.9 Å². The normalized spacial score (nSPS) is 27.3. The van der Waals surface area contributed by atoms with E-state index in [4.69, 9.17) is 0 Å². The van der Waals surface area contributed by atoms with Crippen LogP contribution < -0.4 is 5.32 Å². The Balaban J connectivity index is 1.11. The maximum absolute atomic E-state index is 13.2. The number of piperidine rings is 3. The fraction of sp³-hybridized carbons (Fsp3) is 0.625. The van der Waals surface area contributed by atoms with Gasteiger partial charge < -0.3 is 24.9 Å². The summed E-state index contributed by atoms with van der Waals surface area (Å²) in [6.45, 7) is 4.58. The van der Waals surface area contributed by atoms with Crippen molar-refractivity contribution in [1.29, 1.82) is 0 Å². The standard InChI is InChI=1S/C24H32FN5O3/c25-20-6-4-17(5-7-20)13-26-23(32)27-8-10-28(11-9-27)24(33)29-14-18-12-19(16-29)21-2-1-3-22(31)30(21)15-18/h4-7,18-19,21H,1-3,8-16H2,(H,26,32)/t18-,19-,21+/m0/s1. The molecule has 33 heavy (non-hydrogen) atoms. The molecule has 2 bridgehead atoms. The monoisotopic (exact) mass is 457 g/mol. The van der Waals surface area contributed by atoms with Crippen molar-refractivity contribution in [1.82, 2.24) is 24.9 Å². The third-order valence-corrected chi connectivity index (χ3v) is 7.64. The number of fused-ring (bicyclic) bond motifs is 4. The third-order valence-electron chi connectivity index (χ3n) is 7.64. The molecule has 4 heterocycles. The number of nitrogens with one attached hydrogen (secondary N) is 1. The zero-order valence-electron chi connectivity index (χ0n) is 18.9. The molecule has 1 N–H and O–H groups in total. The number of hydrogen-bond donors (Lipinski definition) is 1. The van der Waals surface area contributed by atoms with Crippen LogP contribution in [0, 0.1) is 17.7 Å². The molecule has 0 spiro atoms. The van der Waals surface area contributed by atoms with Gasteiger partial charge in [-0.2, -0.15) is 0 Å². The van der Waals surface area contributed by atoms with Gasteiger partial charge in [-0.1, -0.05) is 12.1 Å². The van der Waals surface area contributed by atoms with E-state index in [2.05, 4.69) is 10.2 Å². The molecule has 4 aliphatic rings. The Kier molecular flexibility index (Phi) is 6.12. The van der Waals surface area contributed by atoms with Gasteiger partial charge in [0, 0.05) is 64.8 Å². The third kappa shape index (κ3) is 4.63. The molecule has 5 rings (SSSR count). The van der Waals surface area contributed by atoms with Crippen LogP contribution in [-0.2, 0) is 11.3 Å². The van der Waals surface area contributed by atoms with Crippen molar-refractivity contribution in [3.63, 3.8) is 0 Å². The minimum atomic E-state index is -0.298. The molecule has 4 saturated heterocycles. The molecule has 4 fully saturated rings. The summed E-state index contributed by atoms with van der Waals surface area (Å²) in [5.41, 5.74) is 0.840. The summed E-state index contributed by atoms with van der Waals surface area (Å²) in [4.78, 5) is 45.7. The summed E-state index contributed by atoms with van der Waals surface area (Å²) in [5, 5.41) is 2.87. The summed E-state index contributed by atoms with van der Waals surface area (Å²) in [6, 6.07) is 6.26. The molecule has 0 aromatic heterocycles. The Labute approximate surface area is 193 Å². The van der Waals surface area contributed by atoms with Crippen molar-refractivity contribution < 1.29 is 18.8 Å². The number of carbonyl (C=O) groups is 3. The van der Waals surface area contributed by atoms with Gasteiger partial charge in [-0.25, -0.2) is 14.0 Å². The molecule has 5 amide bonds. The number of amides is 5. The van der Waals surface area contributed by atoms with Gasteiger partial charge >= 0.3 is 12.1 Å². The Morgan fingerprint density at radius 1 is 0.970 bits per heavy atom. The minimum Gasteiger partial charge on any atom is -0.339 e. The van der Waals surface area contributed by atoms with E-state index < -0.39 is 0 Å². The second-order valence-corrected chi connectivity index (χ2v) is 9.81. The average molecular weight is 458 g/mol. The maximum atomic E-state index is 13.2. The van der Waals surface area contributed by atoms with Crippen LogP contribution in [-0.4, -0.2) is 89.4 Å². The highest BCUT2D eigenvalue weighted by atomic mass is 19.1. The van der Waals surface area contributed by atoms with Crippen molar-refractivity contribution in [3.8, 4) is 0 Å². The van der Waals surface area contributed by atoms with E-state index in [1.54, 1.807) is 17.0 Å². The van der Waals surface area contributed by atoms with Crippen LogP contribution in [0.5, 0.6) is 0 Å². The van der Waals surface area contributed by atoms with Gasteiger partial charge in [0.15, 0.2) is 0 Å². The topological polar surface area (TPSA) is 76.2 Å². The second kappa shape index (κ2) is 9.19. The van der Waals surface area contributed by atoms with Crippen molar-refractivity contribution in [2.75, 3.05) is 45.8 Å². The smallest absolute Gasteiger partial charge is 0.320 e. The second-order valence-electron chi connectivity index (χ2n) is 9.81. The lowest BCUT2D eigenvalue weighted by molar-refractivity contribution is -0.144. The Morgan fingerprint density at radius 3 is 2.45 bits per heavy atom. The van der Waals surface area contributed by atoms with Crippen molar-refractivity contribution in [2.24, 2.45) is 11.8 Å². The number of rotatable bonds is 2. The molecule has 1 aromatic carbocycles. The quantitative estimate of drug-likeness (QED) is 0.739. The first-order chi connectivity index (χ1) is 16.0. The molecule has 3 atom stereocenters. The molecule has 8 nitrogen and oxygen atoms in total. The molecule has 0 aliphatic carbocycles. The lowest BCUT2D eigenvalue weighted by Gasteiger charge is -2.53.